The third-order valence-electron chi connectivity index (χ3n) is 5.51. The van der Waals surface area contributed by atoms with Crippen molar-refractivity contribution in [3.05, 3.63) is 95.6 Å². The predicted molar refractivity (Wildman–Crippen MR) is 123 cm³/mol. The minimum atomic E-state index is -1.18. The van der Waals surface area contributed by atoms with Crippen LogP contribution in [-0.4, -0.2) is 35.7 Å². The van der Waals surface area contributed by atoms with Crippen molar-refractivity contribution in [3.8, 4) is 0 Å². The third kappa shape index (κ3) is 4.13. The van der Waals surface area contributed by atoms with E-state index in [2.05, 4.69) is 5.32 Å². The van der Waals surface area contributed by atoms with Crippen molar-refractivity contribution in [1.82, 2.24) is 0 Å². The number of hydrogen-bond acceptors (Lipinski definition) is 5. The maximum Gasteiger partial charge on any atom is 0.339 e. The Balaban J connectivity index is 1.55. The largest absolute Gasteiger partial charge is 0.452 e. The summed E-state index contributed by atoms with van der Waals surface area (Å²) in [5.74, 6) is -2.02. The normalized spacial score (nSPS) is 14.1. The summed E-state index contributed by atoms with van der Waals surface area (Å²) < 4.78 is 5.30. The monoisotopic (exact) mass is 442 g/mol. The van der Waals surface area contributed by atoms with E-state index in [4.69, 9.17) is 4.74 Å². The van der Waals surface area contributed by atoms with Gasteiger partial charge in [-0.25, -0.2) is 4.79 Å². The Morgan fingerprint density at radius 2 is 1.45 bits per heavy atom. The number of carbonyl (C=O) groups is 4. The van der Waals surface area contributed by atoms with Crippen molar-refractivity contribution in [2.75, 3.05) is 16.8 Å². The number of carbonyl (C=O) groups excluding carboxylic acids is 4. The van der Waals surface area contributed by atoms with E-state index in [1.807, 2.05) is 0 Å². The number of nitrogens with one attached hydrogen (secondary N) is 1. The van der Waals surface area contributed by atoms with Crippen molar-refractivity contribution in [2.45, 2.75) is 19.4 Å². The zero-order valence-corrected chi connectivity index (χ0v) is 18.2. The van der Waals surface area contributed by atoms with Crippen LogP contribution in [0.25, 0.3) is 0 Å². The van der Waals surface area contributed by atoms with Crippen LogP contribution in [0.15, 0.2) is 78.9 Å². The molecule has 0 atom stereocenters. The molecule has 4 rings (SSSR count). The summed E-state index contributed by atoms with van der Waals surface area (Å²) in [5.41, 5.74) is 0.521. The Bertz CT molecular complexity index is 1250. The van der Waals surface area contributed by atoms with E-state index in [-0.39, 0.29) is 22.8 Å². The van der Waals surface area contributed by atoms with Crippen LogP contribution in [0, 0.1) is 0 Å². The van der Waals surface area contributed by atoms with Crippen LogP contribution in [0.2, 0.25) is 0 Å². The molecule has 7 heteroatoms. The van der Waals surface area contributed by atoms with Crippen LogP contribution in [-0.2, 0) is 14.3 Å². The number of anilines is 2. The van der Waals surface area contributed by atoms with Gasteiger partial charge in [0.1, 0.15) is 5.54 Å². The summed E-state index contributed by atoms with van der Waals surface area (Å²) >= 11 is 0. The molecular formula is C26H22N2O5. The van der Waals surface area contributed by atoms with Crippen molar-refractivity contribution in [1.29, 1.82) is 0 Å². The first kappa shape index (κ1) is 22.0. The zero-order valence-electron chi connectivity index (χ0n) is 18.2. The smallest absolute Gasteiger partial charge is 0.339 e. The second-order valence-electron chi connectivity index (χ2n) is 8.08. The van der Waals surface area contributed by atoms with Gasteiger partial charge in [0.2, 0.25) is 5.91 Å². The molecule has 0 radical (unpaired) electrons. The molecule has 33 heavy (non-hydrogen) atoms. The van der Waals surface area contributed by atoms with Gasteiger partial charge >= 0.3 is 5.97 Å². The molecule has 1 aliphatic heterocycles. The average molecular weight is 442 g/mol. The molecule has 0 aliphatic carbocycles. The van der Waals surface area contributed by atoms with Crippen LogP contribution < -0.4 is 10.2 Å². The van der Waals surface area contributed by atoms with E-state index in [9.17, 15) is 19.2 Å². The van der Waals surface area contributed by atoms with Crippen molar-refractivity contribution in [3.63, 3.8) is 0 Å². The number of ketones is 1. The minimum absolute atomic E-state index is 0.0650. The van der Waals surface area contributed by atoms with Gasteiger partial charge in [0.15, 0.2) is 12.4 Å². The van der Waals surface area contributed by atoms with Gasteiger partial charge < -0.3 is 10.1 Å². The van der Waals surface area contributed by atoms with E-state index < -0.39 is 24.0 Å². The third-order valence-corrected chi connectivity index (χ3v) is 5.51. The number of para-hydroxylation sites is 2. The molecule has 7 nitrogen and oxygen atoms in total. The van der Waals surface area contributed by atoms with Gasteiger partial charge in [0.05, 0.1) is 16.9 Å². The summed E-state index contributed by atoms with van der Waals surface area (Å²) in [6, 6.07) is 21.8. The topological polar surface area (TPSA) is 92.8 Å². The quantitative estimate of drug-likeness (QED) is 0.479. The van der Waals surface area contributed by atoms with E-state index >= 15 is 0 Å². The van der Waals surface area contributed by atoms with E-state index in [0.717, 1.165) is 0 Å². The molecule has 3 aromatic carbocycles. The highest BCUT2D eigenvalue weighted by Gasteiger charge is 2.43. The fourth-order valence-corrected chi connectivity index (χ4v) is 3.77. The van der Waals surface area contributed by atoms with Crippen LogP contribution in [0.3, 0.4) is 0 Å². The van der Waals surface area contributed by atoms with Gasteiger partial charge in [0.25, 0.3) is 5.91 Å². The first-order valence-electron chi connectivity index (χ1n) is 10.4. The molecule has 1 aliphatic rings. The molecule has 0 fully saturated rings. The Kier molecular flexibility index (Phi) is 5.79. The highest BCUT2D eigenvalue weighted by molar-refractivity contribution is 6.16. The number of nitrogens with zero attached hydrogens (tertiary/aromatic N) is 1. The maximum absolute atomic E-state index is 13.1. The van der Waals surface area contributed by atoms with Gasteiger partial charge in [-0.1, -0.05) is 60.7 Å². The lowest BCUT2D eigenvalue weighted by molar-refractivity contribution is -0.128. The second-order valence-corrected chi connectivity index (χ2v) is 8.08. The molecular weight excluding hydrogens is 420 g/mol. The van der Waals surface area contributed by atoms with Gasteiger partial charge in [-0.15, -0.1) is 0 Å². The van der Waals surface area contributed by atoms with E-state index in [0.29, 0.717) is 16.9 Å². The molecule has 0 saturated carbocycles. The minimum Gasteiger partial charge on any atom is -0.452 e. The van der Waals surface area contributed by atoms with Gasteiger partial charge in [-0.2, -0.15) is 0 Å². The summed E-state index contributed by atoms with van der Waals surface area (Å²) in [6.45, 7) is 2.65. The van der Waals surface area contributed by atoms with Gasteiger partial charge in [0, 0.05) is 11.1 Å². The number of ether oxygens (including phenoxy) is 1. The number of esters is 1. The standard InChI is InChI=1S/C26H22N2O5/c1-26(2)25(32)27-20-14-8-9-15-21(20)28(26)22(29)16-33-24(31)19-13-7-6-12-18(19)23(30)17-10-4-3-5-11-17/h3-15H,16H2,1-2H3,(H,27,32). The number of rotatable bonds is 5. The van der Waals surface area contributed by atoms with Gasteiger partial charge in [-0.05, 0) is 32.0 Å². The van der Waals surface area contributed by atoms with Crippen molar-refractivity contribution in [2.24, 2.45) is 0 Å². The number of fused-ring (bicyclic) bond motifs is 1. The highest BCUT2D eigenvalue weighted by atomic mass is 16.5. The summed E-state index contributed by atoms with van der Waals surface area (Å²) in [4.78, 5) is 52.7. The molecule has 0 unspecified atom stereocenters. The van der Waals surface area contributed by atoms with Crippen LogP contribution in [0.5, 0.6) is 0 Å². The highest BCUT2D eigenvalue weighted by Crippen LogP contribution is 2.36. The first-order valence-corrected chi connectivity index (χ1v) is 10.4. The number of amides is 2. The summed E-state index contributed by atoms with van der Waals surface area (Å²) in [6.07, 6.45) is 0. The molecule has 0 spiro atoms. The Hall–Kier alpha value is -4.26. The SMILES string of the molecule is CC1(C)C(=O)Nc2ccccc2N1C(=O)COC(=O)c1ccccc1C(=O)c1ccccc1. The molecule has 3 aromatic rings. The lowest BCUT2D eigenvalue weighted by Gasteiger charge is -2.41. The summed E-state index contributed by atoms with van der Waals surface area (Å²) in [7, 11) is 0. The molecule has 2 amide bonds. The molecule has 1 heterocycles. The second kappa shape index (κ2) is 8.70. The molecule has 0 aromatic heterocycles. The fourth-order valence-electron chi connectivity index (χ4n) is 3.77. The number of benzene rings is 3. The molecule has 0 bridgehead atoms. The van der Waals surface area contributed by atoms with Crippen LogP contribution in [0.4, 0.5) is 11.4 Å². The maximum atomic E-state index is 13.1. The Labute approximate surface area is 191 Å². The zero-order chi connectivity index (χ0) is 23.6. The lowest BCUT2D eigenvalue weighted by Crippen LogP contribution is -2.59. The first-order chi connectivity index (χ1) is 15.8. The molecule has 1 N–H and O–H groups in total. The van der Waals surface area contributed by atoms with E-state index in [1.165, 1.54) is 11.0 Å². The Morgan fingerprint density at radius 3 is 2.18 bits per heavy atom. The lowest BCUT2D eigenvalue weighted by atomic mass is 9.96. The fraction of sp³-hybridized carbons (Fsp3) is 0.154. The van der Waals surface area contributed by atoms with Crippen molar-refractivity contribution < 1.29 is 23.9 Å². The molecule has 166 valence electrons. The summed E-state index contributed by atoms with van der Waals surface area (Å²) in [5, 5.41) is 2.78. The van der Waals surface area contributed by atoms with Gasteiger partial charge in [-0.3, -0.25) is 19.3 Å². The predicted octanol–water partition coefficient (Wildman–Crippen LogP) is 3.84. The van der Waals surface area contributed by atoms with Crippen LogP contribution in [0.1, 0.15) is 40.1 Å². The number of hydrogen-bond donors (Lipinski definition) is 1. The Morgan fingerprint density at radius 1 is 0.848 bits per heavy atom. The van der Waals surface area contributed by atoms with Crippen molar-refractivity contribution >= 4 is 34.9 Å². The van der Waals surface area contributed by atoms with E-state index in [1.54, 1.807) is 86.6 Å². The average Bonchev–Trinajstić information content (AvgIpc) is 2.83. The van der Waals surface area contributed by atoms with Crippen LogP contribution >= 0.6 is 0 Å². The molecule has 0 saturated heterocycles.